The number of aliphatic hydroxyl groups excluding tert-OH is 1. The summed E-state index contributed by atoms with van der Waals surface area (Å²) in [6.07, 6.45) is 0. The highest BCUT2D eigenvalue weighted by Crippen LogP contribution is 2.42. The minimum absolute atomic E-state index is 0.0472. The van der Waals surface area contributed by atoms with E-state index in [0.717, 1.165) is 11.1 Å². The third-order valence-corrected chi connectivity index (χ3v) is 5.84. The lowest BCUT2D eigenvalue weighted by Gasteiger charge is -2.26. The van der Waals surface area contributed by atoms with Crippen molar-refractivity contribution in [2.24, 2.45) is 0 Å². The summed E-state index contributed by atoms with van der Waals surface area (Å²) in [5, 5.41) is 11.1. The molecule has 0 saturated carbocycles. The molecule has 168 valence electrons. The molecule has 1 unspecified atom stereocenters. The van der Waals surface area contributed by atoms with E-state index in [9.17, 15) is 19.1 Å². The number of ether oxygens (including phenoxy) is 1. The van der Waals surface area contributed by atoms with Gasteiger partial charge in [0.05, 0.1) is 18.2 Å². The maximum atomic E-state index is 13.6. The van der Waals surface area contributed by atoms with E-state index in [1.54, 1.807) is 30.3 Å². The van der Waals surface area contributed by atoms with Crippen LogP contribution in [0.25, 0.3) is 5.76 Å². The molecule has 1 fully saturated rings. The van der Waals surface area contributed by atoms with Gasteiger partial charge in [-0.2, -0.15) is 0 Å². The van der Waals surface area contributed by atoms with E-state index in [4.69, 9.17) is 4.74 Å². The van der Waals surface area contributed by atoms with E-state index >= 15 is 0 Å². The lowest BCUT2D eigenvalue weighted by atomic mass is 9.95. The van der Waals surface area contributed by atoms with E-state index in [-0.39, 0.29) is 11.3 Å². The van der Waals surface area contributed by atoms with Gasteiger partial charge in [-0.15, -0.1) is 0 Å². The number of carbonyl (C=O) groups excluding carboxylic acids is 2. The monoisotopic (exact) mass is 445 g/mol. The maximum Gasteiger partial charge on any atom is 0.300 e. The third-order valence-electron chi connectivity index (χ3n) is 5.84. The zero-order chi connectivity index (χ0) is 23.7. The summed E-state index contributed by atoms with van der Waals surface area (Å²) < 4.78 is 19.1. The van der Waals surface area contributed by atoms with Crippen LogP contribution in [0.2, 0.25) is 0 Å². The van der Waals surface area contributed by atoms with Crippen LogP contribution in [-0.2, 0) is 9.59 Å². The summed E-state index contributed by atoms with van der Waals surface area (Å²) in [6.45, 7) is 6.24. The largest absolute Gasteiger partial charge is 0.507 e. The van der Waals surface area contributed by atoms with Crippen LogP contribution in [-0.4, -0.2) is 23.4 Å². The predicted octanol–water partition coefficient (Wildman–Crippen LogP) is 5.47. The molecule has 6 heteroatoms. The highest BCUT2D eigenvalue weighted by atomic mass is 19.1. The Hall–Kier alpha value is -3.93. The fourth-order valence-electron chi connectivity index (χ4n) is 3.97. The molecule has 33 heavy (non-hydrogen) atoms. The van der Waals surface area contributed by atoms with Gasteiger partial charge in [0.1, 0.15) is 17.3 Å². The van der Waals surface area contributed by atoms with E-state index in [0.29, 0.717) is 29.2 Å². The molecule has 0 aliphatic carbocycles. The number of anilines is 1. The summed E-state index contributed by atoms with van der Waals surface area (Å²) in [6, 6.07) is 16.8. The van der Waals surface area contributed by atoms with Crippen LogP contribution in [0.4, 0.5) is 10.1 Å². The van der Waals surface area contributed by atoms with Crippen molar-refractivity contribution in [3.8, 4) is 5.75 Å². The quantitative estimate of drug-likeness (QED) is 0.321. The molecular formula is C27H24FNO4. The molecule has 1 N–H and O–H groups in total. The molecule has 0 bridgehead atoms. The van der Waals surface area contributed by atoms with Gasteiger partial charge < -0.3 is 9.84 Å². The number of aliphatic hydroxyl groups is 1. The van der Waals surface area contributed by atoms with Crippen LogP contribution in [0.1, 0.15) is 35.2 Å². The minimum atomic E-state index is -0.903. The van der Waals surface area contributed by atoms with Gasteiger partial charge >= 0.3 is 0 Å². The summed E-state index contributed by atoms with van der Waals surface area (Å²) >= 11 is 0. The molecule has 5 nitrogen and oxygen atoms in total. The fourth-order valence-corrected chi connectivity index (χ4v) is 3.97. The Morgan fingerprint density at radius 1 is 0.970 bits per heavy atom. The standard InChI is InChI=1S/C27H24FNO4/c1-4-33-22-13-8-19(9-14-22)25(30)23-24(18-6-10-20(28)11-7-18)29(27(32)26(23)31)21-12-5-16(2)17(3)15-21/h5-15,24,30H,4H2,1-3H3/b25-23+. The van der Waals surface area contributed by atoms with Gasteiger partial charge in [-0.25, -0.2) is 4.39 Å². The first kappa shape index (κ1) is 22.3. The number of rotatable bonds is 5. The highest BCUT2D eigenvalue weighted by molar-refractivity contribution is 6.51. The van der Waals surface area contributed by atoms with Crippen molar-refractivity contribution in [3.63, 3.8) is 0 Å². The number of hydrogen-bond acceptors (Lipinski definition) is 4. The Morgan fingerprint density at radius 3 is 2.24 bits per heavy atom. The average Bonchev–Trinajstić information content (AvgIpc) is 3.07. The van der Waals surface area contributed by atoms with Crippen LogP contribution in [0.15, 0.2) is 72.3 Å². The lowest BCUT2D eigenvalue weighted by molar-refractivity contribution is -0.132. The number of nitrogens with zero attached hydrogens (tertiary/aromatic N) is 1. The number of hydrogen-bond donors (Lipinski definition) is 1. The van der Waals surface area contributed by atoms with Crippen LogP contribution in [0.3, 0.4) is 0 Å². The number of amides is 1. The molecule has 1 atom stereocenters. The SMILES string of the molecule is CCOc1ccc(/C(O)=C2\C(=O)C(=O)N(c3ccc(C)c(C)c3)C2c2ccc(F)cc2)cc1. The highest BCUT2D eigenvalue weighted by Gasteiger charge is 2.47. The molecule has 1 heterocycles. The first-order valence-electron chi connectivity index (χ1n) is 10.7. The average molecular weight is 445 g/mol. The summed E-state index contributed by atoms with van der Waals surface area (Å²) in [4.78, 5) is 27.7. The van der Waals surface area contributed by atoms with Crippen molar-refractivity contribution in [1.29, 1.82) is 0 Å². The van der Waals surface area contributed by atoms with Crippen molar-refractivity contribution < 1.29 is 23.8 Å². The van der Waals surface area contributed by atoms with E-state index in [1.807, 2.05) is 32.9 Å². The van der Waals surface area contributed by atoms with Gasteiger partial charge in [-0.05, 0) is 86.0 Å². The first-order valence-corrected chi connectivity index (χ1v) is 10.7. The van der Waals surface area contributed by atoms with Crippen LogP contribution in [0.5, 0.6) is 5.75 Å². The Morgan fingerprint density at radius 2 is 1.64 bits per heavy atom. The van der Waals surface area contributed by atoms with E-state index in [1.165, 1.54) is 29.2 Å². The maximum absolute atomic E-state index is 13.6. The third kappa shape index (κ3) is 4.12. The van der Waals surface area contributed by atoms with Crippen LogP contribution >= 0.6 is 0 Å². The molecule has 3 aromatic rings. The number of ketones is 1. The van der Waals surface area contributed by atoms with Crippen molar-refractivity contribution in [2.45, 2.75) is 26.8 Å². The molecule has 0 radical (unpaired) electrons. The smallest absolute Gasteiger partial charge is 0.300 e. The molecule has 1 aliphatic rings. The number of halogens is 1. The van der Waals surface area contributed by atoms with E-state index < -0.39 is 23.5 Å². The second kappa shape index (κ2) is 8.90. The second-order valence-corrected chi connectivity index (χ2v) is 7.95. The molecular weight excluding hydrogens is 421 g/mol. The molecule has 0 aromatic heterocycles. The van der Waals surface area contributed by atoms with E-state index in [2.05, 4.69) is 0 Å². The predicted molar refractivity (Wildman–Crippen MR) is 125 cm³/mol. The van der Waals surface area contributed by atoms with Crippen LogP contribution in [0, 0.1) is 19.7 Å². The van der Waals surface area contributed by atoms with Crippen molar-refractivity contribution >= 4 is 23.1 Å². The van der Waals surface area contributed by atoms with Gasteiger partial charge in [0.15, 0.2) is 0 Å². The lowest BCUT2D eigenvalue weighted by Crippen LogP contribution is -2.29. The van der Waals surface area contributed by atoms with Gasteiger partial charge in [0.2, 0.25) is 0 Å². The normalized spacial score (nSPS) is 17.5. The summed E-state index contributed by atoms with van der Waals surface area (Å²) in [5.41, 5.74) is 3.38. The van der Waals surface area contributed by atoms with Crippen LogP contribution < -0.4 is 9.64 Å². The Bertz CT molecular complexity index is 1250. The number of carbonyl (C=O) groups is 2. The van der Waals surface area contributed by atoms with Crippen molar-refractivity contribution in [3.05, 3.63) is 100 Å². The number of Topliss-reactive ketones (excluding diaryl/α,β-unsaturated/α-hetero) is 1. The topological polar surface area (TPSA) is 66.8 Å². The molecule has 1 aliphatic heterocycles. The Labute approximate surface area is 191 Å². The zero-order valence-corrected chi connectivity index (χ0v) is 18.6. The van der Waals surface area contributed by atoms with Crippen molar-refractivity contribution in [1.82, 2.24) is 0 Å². The molecule has 1 saturated heterocycles. The zero-order valence-electron chi connectivity index (χ0n) is 18.6. The fraction of sp³-hybridized carbons (Fsp3) is 0.185. The van der Waals surface area contributed by atoms with Gasteiger partial charge in [-0.1, -0.05) is 18.2 Å². The molecule has 0 spiro atoms. The number of aryl methyl sites for hydroxylation is 2. The van der Waals surface area contributed by atoms with Gasteiger partial charge in [-0.3, -0.25) is 14.5 Å². The summed E-state index contributed by atoms with van der Waals surface area (Å²) in [7, 11) is 0. The first-order chi connectivity index (χ1) is 15.8. The minimum Gasteiger partial charge on any atom is -0.507 e. The van der Waals surface area contributed by atoms with Gasteiger partial charge in [0, 0.05) is 11.3 Å². The Balaban J connectivity index is 1.89. The van der Waals surface area contributed by atoms with Gasteiger partial charge in [0.25, 0.3) is 11.7 Å². The summed E-state index contributed by atoms with van der Waals surface area (Å²) in [5.74, 6) is -1.65. The number of benzene rings is 3. The molecule has 1 amide bonds. The molecule has 4 rings (SSSR count). The Kier molecular flexibility index (Phi) is 6.01. The van der Waals surface area contributed by atoms with Crippen molar-refractivity contribution in [2.75, 3.05) is 11.5 Å². The second-order valence-electron chi connectivity index (χ2n) is 7.95. The molecule has 3 aromatic carbocycles.